The van der Waals surface area contributed by atoms with Crippen molar-refractivity contribution in [3.8, 4) is 16.2 Å². The molecule has 1 heterocycles. The number of carboxylic acid groups (broad SMARTS) is 1. The highest BCUT2D eigenvalue weighted by molar-refractivity contribution is 7.13. The van der Waals surface area contributed by atoms with Gasteiger partial charge >= 0.3 is 12.1 Å². The van der Waals surface area contributed by atoms with Crippen LogP contribution in [0.25, 0.3) is 10.4 Å². The summed E-state index contributed by atoms with van der Waals surface area (Å²) in [4.78, 5) is 28.0. The molecular formula is C21H28N2O5S. The molecule has 1 amide bonds. The number of carbonyl (C=O) groups excluding carboxylic acids is 1. The first-order chi connectivity index (χ1) is 13.7. The third-order valence-corrected chi connectivity index (χ3v) is 4.92. The molecule has 8 heteroatoms. The van der Waals surface area contributed by atoms with E-state index >= 15 is 0 Å². The normalized spacial score (nSPS) is 11.2. The van der Waals surface area contributed by atoms with Gasteiger partial charge in [-0.05, 0) is 52.2 Å². The summed E-state index contributed by atoms with van der Waals surface area (Å²) in [6, 6.07) is 5.83. The van der Waals surface area contributed by atoms with Crippen LogP contribution < -0.4 is 10.1 Å². The Morgan fingerprint density at radius 3 is 2.62 bits per heavy atom. The van der Waals surface area contributed by atoms with E-state index in [2.05, 4.69) is 10.3 Å². The monoisotopic (exact) mass is 420 g/mol. The Morgan fingerprint density at radius 1 is 1.24 bits per heavy atom. The third-order valence-electron chi connectivity index (χ3n) is 3.94. The number of carboxylic acids is 1. The number of benzene rings is 1. The Bertz CT molecular complexity index is 842. The summed E-state index contributed by atoms with van der Waals surface area (Å²) in [6.45, 7) is 8.05. The van der Waals surface area contributed by atoms with Gasteiger partial charge in [-0.3, -0.25) is 4.79 Å². The van der Waals surface area contributed by atoms with Gasteiger partial charge in [0.15, 0.2) is 0 Å². The number of aromatic nitrogens is 1. The van der Waals surface area contributed by atoms with E-state index in [4.69, 9.17) is 14.6 Å². The van der Waals surface area contributed by atoms with Crippen molar-refractivity contribution in [3.05, 3.63) is 35.0 Å². The number of rotatable bonds is 9. The summed E-state index contributed by atoms with van der Waals surface area (Å²) in [7, 11) is 0. The zero-order valence-corrected chi connectivity index (χ0v) is 18.1. The van der Waals surface area contributed by atoms with Gasteiger partial charge in [-0.2, -0.15) is 0 Å². The number of hydrogen-bond donors (Lipinski definition) is 2. The molecule has 0 saturated heterocycles. The minimum Gasteiger partial charge on any atom is -0.493 e. The van der Waals surface area contributed by atoms with Crippen molar-refractivity contribution in [3.63, 3.8) is 0 Å². The second-order valence-corrected chi connectivity index (χ2v) is 8.50. The van der Waals surface area contributed by atoms with E-state index in [9.17, 15) is 9.59 Å². The van der Waals surface area contributed by atoms with Gasteiger partial charge in [-0.1, -0.05) is 12.1 Å². The molecule has 0 bridgehead atoms. The number of amides is 1. The molecule has 2 rings (SSSR count). The average Bonchev–Trinajstić information content (AvgIpc) is 3.04. The number of nitrogens with zero attached hydrogens (tertiary/aromatic N) is 1. The van der Waals surface area contributed by atoms with Gasteiger partial charge in [-0.15, -0.1) is 11.3 Å². The molecule has 0 unspecified atom stereocenters. The van der Waals surface area contributed by atoms with Crippen LogP contribution in [0.15, 0.2) is 23.7 Å². The molecule has 0 aliphatic rings. The fraction of sp³-hybridized carbons (Fsp3) is 0.476. The van der Waals surface area contributed by atoms with Crippen LogP contribution in [0.3, 0.4) is 0 Å². The van der Waals surface area contributed by atoms with Crippen molar-refractivity contribution in [2.24, 2.45) is 0 Å². The molecule has 0 fully saturated rings. The number of hydrogen-bond acceptors (Lipinski definition) is 6. The maximum Gasteiger partial charge on any atom is 0.407 e. The number of thiazole rings is 1. The highest BCUT2D eigenvalue weighted by Crippen LogP contribution is 2.32. The molecule has 1 aromatic heterocycles. The highest BCUT2D eigenvalue weighted by atomic mass is 32.1. The largest absolute Gasteiger partial charge is 0.493 e. The molecule has 0 spiro atoms. The van der Waals surface area contributed by atoms with Crippen LogP contribution in [0, 0.1) is 6.92 Å². The van der Waals surface area contributed by atoms with Crippen LogP contribution in [0.5, 0.6) is 5.75 Å². The van der Waals surface area contributed by atoms with E-state index in [1.54, 1.807) is 16.8 Å². The number of aryl methyl sites for hydroxylation is 1. The number of alkyl carbamates (subject to hydrolysis) is 1. The molecule has 2 N–H and O–H groups in total. The van der Waals surface area contributed by atoms with Crippen LogP contribution in [-0.4, -0.2) is 34.4 Å². The Balaban J connectivity index is 2.10. The van der Waals surface area contributed by atoms with E-state index < -0.39 is 17.7 Å². The minimum atomic E-state index is -0.810. The first kappa shape index (κ1) is 22.7. The predicted molar refractivity (Wildman–Crippen MR) is 112 cm³/mol. The Labute approximate surface area is 175 Å². The zero-order valence-electron chi connectivity index (χ0n) is 17.3. The van der Waals surface area contributed by atoms with E-state index in [0.29, 0.717) is 25.2 Å². The van der Waals surface area contributed by atoms with E-state index in [0.717, 1.165) is 21.7 Å². The fourth-order valence-electron chi connectivity index (χ4n) is 2.60. The van der Waals surface area contributed by atoms with Gasteiger partial charge in [0.2, 0.25) is 0 Å². The Hall–Kier alpha value is -2.61. The Kier molecular flexibility index (Phi) is 8.01. The van der Waals surface area contributed by atoms with Gasteiger partial charge in [0.25, 0.3) is 0 Å². The van der Waals surface area contributed by atoms with Crippen molar-refractivity contribution in [1.29, 1.82) is 0 Å². The lowest BCUT2D eigenvalue weighted by Crippen LogP contribution is -2.32. The lowest BCUT2D eigenvalue weighted by atomic mass is 10.1. The van der Waals surface area contributed by atoms with E-state index in [-0.39, 0.29) is 13.0 Å². The van der Waals surface area contributed by atoms with Crippen molar-refractivity contribution >= 4 is 23.4 Å². The van der Waals surface area contributed by atoms with Crippen molar-refractivity contribution in [2.45, 2.75) is 59.1 Å². The topological polar surface area (TPSA) is 97.8 Å². The van der Waals surface area contributed by atoms with Crippen LogP contribution in [0.1, 0.15) is 51.3 Å². The molecule has 0 radical (unpaired) electrons. The maximum absolute atomic E-state index is 12.0. The molecule has 158 valence electrons. The van der Waals surface area contributed by atoms with Crippen LogP contribution in [-0.2, 0) is 16.1 Å². The molecule has 0 aliphatic heterocycles. The van der Waals surface area contributed by atoms with Gasteiger partial charge < -0.3 is 19.9 Å². The van der Waals surface area contributed by atoms with Crippen molar-refractivity contribution < 1.29 is 24.2 Å². The molecule has 0 saturated carbocycles. The number of aliphatic carboxylic acids is 1. The second kappa shape index (κ2) is 10.2. The minimum absolute atomic E-state index is 0.122. The summed E-state index contributed by atoms with van der Waals surface area (Å²) in [6.07, 6.45) is 0.812. The van der Waals surface area contributed by atoms with Gasteiger partial charge in [-0.25, -0.2) is 9.78 Å². The molecular weight excluding hydrogens is 392 g/mol. The molecule has 1 aromatic carbocycles. The summed E-state index contributed by atoms with van der Waals surface area (Å²) < 4.78 is 11.2. The number of unbranched alkanes of at least 4 members (excludes halogenated alkanes) is 1. The SMILES string of the molecule is Cc1ncsc1-c1ccc(CNC(=O)OC(C)(C)C)c(OCCCCC(=O)O)c1. The van der Waals surface area contributed by atoms with E-state index in [1.165, 1.54) is 0 Å². The summed E-state index contributed by atoms with van der Waals surface area (Å²) >= 11 is 1.56. The summed E-state index contributed by atoms with van der Waals surface area (Å²) in [5, 5.41) is 11.5. The first-order valence-electron chi connectivity index (χ1n) is 9.50. The quantitative estimate of drug-likeness (QED) is 0.567. The van der Waals surface area contributed by atoms with Gasteiger partial charge in [0, 0.05) is 18.5 Å². The lowest BCUT2D eigenvalue weighted by molar-refractivity contribution is -0.137. The van der Waals surface area contributed by atoms with Crippen LogP contribution >= 0.6 is 11.3 Å². The summed E-state index contributed by atoms with van der Waals surface area (Å²) in [5.74, 6) is -0.156. The predicted octanol–water partition coefficient (Wildman–Crippen LogP) is 4.78. The second-order valence-electron chi connectivity index (χ2n) is 7.64. The molecule has 7 nitrogen and oxygen atoms in total. The Morgan fingerprint density at radius 2 is 2.00 bits per heavy atom. The average molecular weight is 421 g/mol. The maximum atomic E-state index is 12.0. The third kappa shape index (κ3) is 7.73. The fourth-order valence-corrected chi connectivity index (χ4v) is 3.40. The standard InChI is InChI=1S/C21H28N2O5S/c1-14-19(29-13-23-14)15-8-9-16(12-22-20(26)28-21(2,3)4)17(11-15)27-10-6-5-7-18(24)25/h8-9,11,13H,5-7,10,12H2,1-4H3,(H,22,26)(H,24,25). The van der Waals surface area contributed by atoms with E-state index in [1.807, 2.05) is 45.9 Å². The highest BCUT2D eigenvalue weighted by Gasteiger charge is 2.17. The molecule has 0 aliphatic carbocycles. The van der Waals surface area contributed by atoms with Crippen LogP contribution in [0.4, 0.5) is 4.79 Å². The smallest absolute Gasteiger partial charge is 0.407 e. The lowest BCUT2D eigenvalue weighted by Gasteiger charge is -2.20. The van der Waals surface area contributed by atoms with Crippen molar-refractivity contribution in [1.82, 2.24) is 10.3 Å². The van der Waals surface area contributed by atoms with Gasteiger partial charge in [0.05, 0.1) is 22.7 Å². The molecule has 29 heavy (non-hydrogen) atoms. The number of nitrogens with one attached hydrogen (secondary N) is 1. The zero-order chi connectivity index (χ0) is 21.4. The van der Waals surface area contributed by atoms with Crippen LogP contribution in [0.2, 0.25) is 0 Å². The number of ether oxygens (including phenoxy) is 2. The number of carbonyl (C=O) groups is 2. The first-order valence-corrected chi connectivity index (χ1v) is 10.4. The molecule has 2 aromatic rings. The molecule has 0 atom stereocenters. The van der Waals surface area contributed by atoms with Gasteiger partial charge in [0.1, 0.15) is 11.4 Å². The summed E-state index contributed by atoms with van der Waals surface area (Å²) in [5.41, 5.74) is 3.99. The van der Waals surface area contributed by atoms with Crippen molar-refractivity contribution in [2.75, 3.05) is 6.61 Å².